The molecule has 4 rings (SSSR count). The van der Waals surface area contributed by atoms with E-state index in [1.54, 1.807) is 18.2 Å². The van der Waals surface area contributed by atoms with Gasteiger partial charge in [-0.2, -0.15) is 0 Å². The molecule has 1 fully saturated rings. The Morgan fingerprint density at radius 1 is 1.23 bits per heavy atom. The Morgan fingerprint density at radius 2 is 2.00 bits per heavy atom. The molecule has 0 saturated carbocycles. The smallest absolute Gasteiger partial charge is 0.274 e. The number of hydrogen-bond acceptors (Lipinski definition) is 6. The number of ketones is 1. The Kier molecular flexibility index (Phi) is 5.45. The SMILES string of the molecule is O=C1COc2ccc(C(=O)C3CCN(Cc4cc(F)ccc4[N+](=O)[O-])CC3)cc2N1. The van der Waals surface area contributed by atoms with Crippen molar-refractivity contribution in [2.24, 2.45) is 5.92 Å². The van der Waals surface area contributed by atoms with Gasteiger partial charge in [0.1, 0.15) is 11.6 Å². The number of anilines is 1. The molecule has 0 unspecified atom stereocenters. The minimum absolute atomic E-state index is 0.00555. The number of fused-ring (bicyclic) bond motifs is 1. The van der Waals surface area contributed by atoms with E-state index in [2.05, 4.69) is 5.32 Å². The number of carbonyl (C=O) groups excluding carboxylic acids is 2. The van der Waals surface area contributed by atoms with E-state index in [0.29, 0.717) is 48.5 Å². The monoisotopic (exact) mass is 413 g/mol. The molecule has 2 aliphatic heterocycles. The van der Waals surface area contributed by atoms with Crippen LogP contribution in [0.15, 0.2) is 36.4 Å². The van der Waals surface area contributed by atoms with E-state index in [0.717, 1.165) is 6.07 Å². The van der Waals surface area contributed by atoms with Crippen LogP contribution in [0.25, 0.3) is 0 Å². The normalized spacial score (nSPS) is 17.0. The highest BCUT2D eigenvalue weighted by atomic mass is 19.1. The van der Waals surface area contributed by atoms with Crippen molar-refractivity contribution in [1.82, 2.24) is 4.90 Å². The van der Waals surface area contributed by atoms with Crippen molar-refractivity contribution in [3.8, 4) is 5.75 Å². The van der Waals surface area contributed by atoms with Crippen LogP contribution in [0.1, 0.15) is 28.8 Å². The number of halogens is 1. The quantitative estimate of drug-likeness (QED) is 0.459. The number of likely N-dealkylation sites (tertiary alicyclic amines) is 1. The summed E-state index contributed by atoms with van der Waals surface area (Å²) in [6.45, 7) is 1.38. The van der Waals surface area contributed by atoms with Gasteiger partial charge in [0.15, 0.2) is 12.4 Å². The maximum atomic E-state index is 13.5. The Bertz CT molecular complexity index is 1020. The van der Waals surface area contributed by atoms with Crippen LogP contribution in [0.2, 0.25) is 0 Å². The minimum atomic E-state index is -0.510. The van der Waals surface area contributed by atoms with Gasteiger partial charge < -0.3 is 10.1 Å². The zero-order chi connectivity index (χ0) is 21.3. The van der Waals surface area contributed by atoms with Gasteiger partial charge in [0.25, 0.3) is 11.6 Å². The highest BCUT2D eigenvalue weighted by molar-refractivity contribution is 6.01. The van der Waals surface area contributed by atoms with Crippen molar-refractivity contribution >= 4 is 23.1 Å². The number of nitrogens with zero attached hydrogens (tertiary/aromatic N) is 2. The molecule has 0 atom stereocenters. The molecule has 1 N–H and O–H groups in total. The third-order valence-electron chi connectivity index (χ3n) is 5.49. The van der Waals surface area contributed by atoms with Crippen molar-refractivity contribution in [3.63, 3.8) is 0 Å². The first-order valence-electron chi connectivity index (χ1n) is 9.67. The summed E-state index contributed by atoms with van der Waals surface area (Å²) in [7, 11) is 0. The molecule has 0 spiro atoms. The third kappa shape index (κ3) is 4.16. The van der Waals surface area contributed by atoms with Crippen molar-refractivity contribution in [3.05, 3.63) is 63.5 Å². The molecule has 1 amide bonds. The summed E-state index contributed by atoms with van der Waals surface area (Å²) in [5.74, 6) is -0.412. The molecule has 0 bridgehead atoms. The molecule has 8 nitrogen and oxygen atoms in total. The second-order valence-corrected chi connectivity index (χ2v) is 7.49. The van der Waals surface area contributed by atoms with Crippen LogP contribution >= 0.6 is 0 Å². The van der Waals surface area contributed by atoms with E-state index >= 15 is 0 Å². The number of nitrogens with one attached hydrogen (secondary N) is 1. The highest BCUT2D eigenvalue weighted by Gasteiger charge is 2.28. The zero-order valence-electron chi connectivity index (χ0n) is 16.1. The zero-order valence-corrected chi connectivity index (χ0v) is 16.1. The lowest BCUT2D eigenvalue weighted by atomic mass is 9.88. The fraction of sp³-hybridized carbons (Fsp3) is 0.333. The largest absolute Gasteiger partial charge is 0.482 e. The number of Topliss-reactive ketones (excluding diaryl/α,β-unsaturated/α-hetero) is 1. The summed E-state index contributed by atoms with van der Waals surface area (Å²) in [5.41, 5.74) is 1.23. The second-order valence-electron chi connectivity index (χ2n) is 7.49. The van der Waals surface area contributed by atoms with Crippen molar-refractivity contribution in [1.29, 1.82) is 0 Å². The van der Waals surface area contributed by atoms with E-state index in [1.165, 1.54) is 12.1 Å². The molecule has 0 radical (unpaired) electrons. The average Bonchev–Trinajstić information content (AvgIpc) is 2.73. The molecule has 9 heteroatoms. The van der Waals surface area contributed by atoms with E-state index in [1.807, 2.05) is 4.90 Å². The first kappa shape index (κ1) is 20.0. The lowest BCUT2D eigenvalue weighted by molar-refractivity contribution is -0.385. The van der Waals surface area contributed by atoms with E-state index < -0.39 is 10.7 Å². The topological polar surface area (TPSA) is 102 Å². The molecule has 2 aliphatic rings. The molecular weight excluding hydrogens is 393 g/mol. The highest BCUT2D eigenvalue weighted by Crippen LogP contribution is 2.31. The summed E-state index contributed by atoms with van der Waals surface area (Å²) in [6, 6.07) is 8.47. The molecule has 0 aliphatic carbocycles. The molecular formula is C21H20FN3O5. The van der Waals surface area contributed by atoms with Gasteiger partial charge in [-0.05, 0) is 56.3 Å². The van der Waals surface area contributed by atoms with E-state index in [4.69, 9.17) is 4.74 Å². The fourth-order valence-corrected chi connectivity index (χ4v) is 3.93. The Morgan fingerprint density at radius 3 is 2.73 bits per heavy atom. The number of rotatable bonds is 5. The van der Waals surface area contributed by atoms with Crippen molar-refractivity contribution < 1.29 is 23.6 Å². The van der Waals surface area contributed by atoms with Gasteiger partial charge in [-0.15, -0.1) is 0 Å². The Hall–Kier alpha value is -3.33. The van der Waals surface area contributed by atoms with Crippen LogP contribution < -0.4 is 10.1 Å². The van der Waals surface area contributed by atoms with Crippen LogP contribution in [-0.2, 0) is 11.3 Å². The van der Waals surface area contributed by atoms with Crippen LogP contribution in [0.4, 0.5) is 15.8 Å². The van der Waals surface area contributed by atoms with Gasteiger partial charge in [-0.25, -0.2) is 4.39 Å². The van der Waals surface area contributed by atoms with Gasteiger partial charge in [0.2, 0.25) is 0 Å². The van der Waals surface area contributed by atoms with E-state index in [9.17, 15) is 24.1 Å². The fourth-order valence-electron chi connectivity index (χ4n) is 3.93. The number of nitro benzene ring substituents is 1. The predicted molar refractivity (Wildman–Crippen MR) is 106 cm³/mol. The van der Waals surface area contributed by atoms with Gasteiger partial charge in [-0.1, -0.05) is 0 Å². The number of benzene rings is 2. The van der Waals surface area contributed by atoms with Gasteiger partial charge in [0, 0.05) is 29.7 Å². The van der Waals surface area contributed by atoms with Crippen molar-refractivity contribution in [2.45, 2.75) is 19.4 Å². The summed E-state index contributed by atoms with van der Waals surface area (Å²) in [6.07, 6.45) is 1.20. The second kappa shape index (κ2) is 8.19. The Labute approximate surface area is 171 Å². The molecule has 1 saturated heterocycles. The van der Waals surface area contributed by atoms with Crippen molar-refractivity contribution in [2.75, 3.05) is 25.0 Å². The third-order valence-corrected chi connectivity index (χ3v) is 5.49. The van der Waals surface area contributed by atoms with Gasteiger partial charge in [-0.3, -0.25) is 24.6 Å². The number of ether oxygens (including phenoxy) is 1. The Balaban J connectivity index is 1.40. The van der Waals surface area contributed by atoms with Gasteiger partial charge >= 0.3 is 0 Å². The summed E-state index contributed by atoms with van der Waals surface area (Å²) >= 11 is 0. The maximum Gasteiger partial charge on any atom is 0.274 e. The number of amides is 1. The summed E-state index contributed by atoms with van der Waals surface area (Å²) in [4.78, 5) is 37.1. The average molecular weight is 413 g/mol. The lowest BCUT2D eigenvalue weighted by Gasteiger charge is -2.31. The van der Waals surface area contributed by atoms with Crippen LogP contribution in [0.3, 0.4) is 0 Å². The maximum absolute atomic E-state index is 13.5. The van der Waals surface area contributed by atoms with Crippen LogP contribution in [0.5, 0.6) is 5.75 Å². The summed E-state index contributed by atoms with van der Waals surface area (Å²) < 4.78 is 18.9. The van der Waals surface area contributed by atoms with Gasteiger partial charge in [0.05, 0.1) is 10.6 Å². The molecule has 2 heterocycles. The van der Waals surface area contributed by atoms with Crippen LogP contribution in [0, 0.1) is 21.8 Å². The molecule has 156 valence electrons. The predicted octanol–water partition coefficient (Wildman–Crippen LogP) is 3.16. The molecule has 2 aromatic carbocycles. The summed E-state index contributed by atoms with van der Waals surface area (Å²) in [5, 5.41) is 13.9. The molecule has 30 heavy (non-hydrogen) atoms. The molecule has 2 aromatic rings. The number of piperidine rings is 1. The standard InChI is InChI=1S/C21H20FN3O5/c22-16-2-3-18(25(28)29)15(9-16)11-24-7-5-13(6-8-24)21(27)14-1-4-19-17(10-14)23-20(26)12-30-19/h1-4,9-10,13H,5-8,11-12H2,(H,23,26). The molecule has 0 aromatic heterocycles. The van der Waals surface area contributed by atoms with E-state index in [-0.39, 0.29) is 36.4 Å². The number of carbonyl (C=O) groups is 2. The first-order valence-corrected chi connectivity index (χ1v) is 9.67. The van der Waals surface area contributed by atoms with Crippen LogP contribution in [-0.4, -0.2) is 41.2 Å². The minimum Gasteiger partial charge on any atom is -0.482 e. The lowest BCUT2D eigenvalue weighted by Crippen LogP contribution is -2.36. The number of hydrogen-bond donors (Lipinski definition) is 1. The number of nitro groups is 1. The first-order chi connectivity index (χ1) is 14.4.